The van der Waals surface area contributed by atoms with E-state index in [-0.39, 0.29) is 11.8 Å². The highest BCUT2D eigenvalue weighted by molar-refractivity contribution is 6.11. The maximum Gasteiger partial charge on any atom is 0.259 e. The molecule has 0 radical (unpaired) electrons. The molecule has 0 saturated heterocycles. The summed E-state index contributed by atoms with van der Waals surface area (Å²) in [6.45, 7) is 2.50. The van der Waals surface area contributed by atoms with Crippen LogP contribution in [0, 0.1) is 0 Å². The number of para-hydroxylation sites is 2. The molecule has 0 aliphatic heterocycles. The van der Waals surface area contributed by atoms with E-state index in [9.17, 15) is 9.59 Å². The topological polar surface area (TPSA) is 101 Å². The van der Waals surface area contributed by atoms with Crippen LogP contribution in [0.3, 0.4) is 0 Å². The Morgan fingerprint density at radius 2 is 1.84 bits per heavy atom. The number of hydrogen-bond acceptors (Lipinski definition) is 4. The first-order valence-corrected chi connectivity index (χ1v) is 12.3. The number of nitrogens with one attached hydrogen (secondary N) is 3. The molecule has 8 nitrogen and oxygen atoms in total. The molecule has 0 unspecified atom stereocenters. The van der Waals surface area contributed by atoms with Gasteiger partial charge in [0.05, 0.1) is 29.4 Å². The van der Waals surface area contributed by atoms with Crippen LogP contribution < -0.4 is 15.4 Å². The summed E-state index contributed by atoms with van der Waals surface area (Å²) in [6.07, 6.45) is 3.39. The number of methoxy groups -OCH3 is 1. The highest BCUT2D eigenvalue weighted by atomic mass is 16.5. The Bertz CT molecular complexity index is 1610. The van der Waals surface area contributed by atoms with Crippen LogP contribution in [0.1, 0.15) is 39.0 Å². The molecule has 0 spiro atoms. The monoisotopic (exact) mass is 495 g/mol. The number of nitrogens with zero attached hydrogens (tertiary/aromatic N) is 2. The number of carbonyl (C=O) groups excluding carboxylic acids is 2. The van der Waals surface area contributed by atoms with Crippen LogP contribution in [-0.4, -0.2) is 40.0 Å². The van der Waals surface area contributed by atoms with Crippen molar-refractivity contribution in [1.82, 2.24) is 19.9 Å². The number of aromatic amines is 1. The van der Waals surface area contributed by atoms with E-state index in [0.29, 0.717) is 41.0 Å². The third-order valence-corrected chi connectivity index (χ3v) is 6.59. The third-order valence-electron chi connectivity index (χ3n) is 6.59. The van der Waals surface area contributed by atoms with Crippen molar-refractivity contribution in [3.05, 3.63) is 89.4 Å². The zero-order chi connectivity index (χ0) is 25.9. The van der Waals surface area contributed by atoms with Crippen molar-refractivity contribution in [2.45, 2.75) is 19.8 Å². The molecule has 0 aliphatic rings. The molecule has 2 aromatic heterocycles. The second-order valence-electron chi connectivity index (χ2n) is 8.85. The molecule has 188 valence electrons. The number of imidazole rings is 1. The van der Waals surface area contributed by atoms with Crippen molar-refractivity contribution in [3.8, 4) is 5.75 Å². The SMILES string of the molecule is CCc1nc2cc(C(=O)NCCc3c[nH]c4ccccc34)cc(NC(=O)c3ccccc3OC)c2n1C. The van der Waals surface area contributed by atoms with E-state index >= 15 is 0 Å². The van der Waals surface area contributed by atoms with Crippen molar-refractivity contribution in [2.24, 2.45) is 7.05 Å². The highest BCUT2D eigenvalue weighted by Gasteiger charge is 2.19. The van der Waals surface area contributed by atoms with Gasteiger partial charge < -0.3 is 24.9 Å². The average Bonchev–Trinajstić information content (AvgIpc) is 3.48. The van der Waals surface area contributed by atoms with Gasteiger partial charge in [-0.1, -0.05) is 37.3 Å². The van der Waals surface area contributed by atoms with E-state index in [4.69, 9.17) is 9.72 Å². The van der Waals surface area contributed by atoms with E-state index in [1.165, 1.54) is 7.11 Å². The first-order chi connectivity index (χ1) is 18.0. The molecule has 2 heterocycles. The second kappa shape index (κ2) is 10.2. The van der Waals surface area contributed by atoms with Gasteiger partial charge in [-0.2, -0.15) is 0 Å². The van der Waals surface area contributed by atoms with Gasteiger partial charge in [-0.3, -0.25) is 9.59 Å². The molecule has 5 rings (SSSR count). The minimum Gasteiger partial charge on any atom is -0.496 e. The molecule has 0 fully saturated rings. The normalized spacial score (nSPS) is 11.1. The van der Waals surface area contributed by atoms with E-state index in [0.717, 1.165) is 34.2 Å². The predicted octanol–water partition coefficient (Wildman–Crippen LogP) is 4.85. The molecular weight excluding hydrogens is 466 g/mol. The standard InChI is InChI=1S/C29H29N5O3/c1-4-26-32-23-15-19(28(35)30-14-13-18-17-31-22-11-7-5-9-20(18)22)16-24(27(23)34(26)2)33-29(36)21-10-6-8-12-25(21)37-3/h5-12,15-17,31H,4,13-14H2,1-3H3,(H,30,35)(H,33,36). The lowest BCUT2D eigenvalue weighted by Crippen LogP contribution is -2.26. The van der Waals surface area contributed by atoms with Crippen LogP contribution in [-0.2, 0) is 19.9 Å². The molecule has 0 saturated carbocycles. The molecular formula is C29H29N5O3. The minimum absolute atomic E-state index is 0.224. The number of anilines is 1. The fraction of sp³-hybridized carbons (Fsp3) is 0.207. The molecule has 3 N–H and O–H groups in total. The quantitative estimate of drug-likeness (QED) is 0.286. The maximum absolute atomic E-state index is 13.2. The van der Waals surface area contributed by atoms with Gasteiger partial charge in [-0.15, -0.1) is 0 Å². The number of hydrogen-bond donors (Lipinski definition) is 3. The summed E-state index contributed by atoms with van der Waals surface area (Å²) in [5.41, 5.74) is 4.99. The fourth-order valence-corrected chi connectivity index (χ4v) is 4.72. The summed E-state index contributed by atoms with van der Waals surface area (Å²) in [6, 6.07) is 18.6. The Morgan fingerprint density at radius 3 is 2.65 bits per heavy atom. The lowest BCUT2D eigenvalue weighted by Gasteiger charge is -2.13. The van der Waals surface area contributed by atoms with E-state index < -0.39 is 0 Å². The molecule has 2 amide bonds. The van der Waals surface area contributed by atoms with Crippen LogP contribution in [0.15, 0.2) is 66.9 Å². The maximum atomic E-state index is 13.2. The molecule has 3 aromatic carbocycles. The number of rotatable bonds is 8. The van der Waals surface area contributed by atoms with Crippen molar-refractivity contribution in [3.63, 3.8) is 0 Å². The molecule has 8 heteroatoms. The second-order valence-corrected chi connectivity index (χ2v) is 8.85. The van der Waals surface area contributed by atoms with Gasteiger partial charge in [-0.05, 0) is 42.3 Å². The Labute approximate surface area is 214 Å². The zero-order valence-electron chi connectivity index (χ0n) is 21.1. The number of benzene rings is 3. The Hall–Kier alpha value is -4.59. The minimum atomic E-state index is -0.324. The summed E-state index contributed by atoms with van der Waals surface area (Å²) in [4.78, 5) is 34.3. The number of carbonyl (C=O) groups is 2. The number of ether oxygens (including phenoxy) is 1. The largest absolute Gasteiger partial charge is 0.496 e. The van der Waals surface area contributed by atoms with Crippen molar-refractivity contribution < 1.29 is 14.3 Å². The van der Waals surface area contributed by atoms with E-state index in [2.05, 4.69) is 21.7 Å². The van der Waals surface area contributed by atoms with Crippen LogP contribution in [0.2, 0.25) is 0 Å². The summed E-state index contributed by atoms with van der Waals surface area (Å²) >= 11 is 0. The lowest BCUT2D eigenvalue weighted by atomic mass is 10.1. The summed E-state index contributed by atoms with van der Waals surface area (Å²) in [5.74, 6) is 0.787. The Kier molecular flexibility index (Phi) is 6.64. The first-order valence-electron chi connectivity index (χ1n) is 12.3. The van der Waals surface area contributed by atoms with Crippen LogP contribution in [0.4, 0.5) is 5.69 Å². The number of aromatic nitrogens is 3. The molecule has 37 heavy (non-hydrogen) atoms. The number of fused-ring (bicyclic) bond motifs is 2. The molecule has 0 aliphatic carbocycles. The molecule has 0 bridgehead atoms. The lowest BCUT2D eigenvalue weighted by molar-refractivity contribution is 0.0952. The van der Waals surface area contributed by atoms with Crippen molar-refractivity contribution >= 4 is 39.4 Å². The van der Waals surface area contributed by atoms with Crippen LogP contribution in [0.25, 0.3) is 21.9 Å². The van der Waals surface area contributed by atoms with Crippen molar-refractivity contribution in [1.29, 1.82) is 0 Å². The van der Waals surface area contributed by atoms with Gasteiger partial charge in [0.2, 0.25) is 0 Å². The predicted molar refractivity (Wildman–Crippen MR) is 145 cm³/mol. The smallest absolute Gasteiger partial charge is 0.259 e. The number of amides is 2. The Morgan fingerprint density at radius 1 is 1.05 bits per heavy atom. The summed E-state index contributed by atoms with van der Waals surface area (Å²) < 4.78 is 7.31. The Balaban J connectivity index is 1.41. The van der Waals surface area contributed by atoms with Gasteiger partial charge in [0, 0.05) is 42.7 Å². The first kappa shape index (κ1) is 24.1. The van der Waals surface area contributed by atoms with Gasteiger partial charge in [0.1, 0.15) is 11.6 Å². The summed E-state index contributed by atoms with van der Waals surface area (Å²) in [5, 5.41) is 7.15. The number of H-pyrrole nitrogens is 1. The summed E-state index contributed by atoms with van der Waals surface area (Å²) in [7, 11) is 3.44. The van der Waals surface area contributed by atoms with E-state index in [1.54, 1.807) is 30.3 Å². The van der Waals surface area contributed by atoms with Crippen molar-refractivity contribution in [2.75, 3.05) is 19.0 Å². The third kappa shape index (κ3) is 4.65. The highest BCUT2D eigenvalue weighted by Crippen LogP contribution is 2.28. The van der Waals surface area contributed by atoms with Crippen LogP contribution >= 0.6 is 0 Å². The molecule has 5 aromatic rings. The van der Waals surface area contributed by atoms with Gasteiger partial charge in [-0.25, -0.2) is 4.98 Å². The van der Waals surface area contributed by atoms with Crippen LogP contribution in [0.5, 0.6) is 5.75 Å². The van der Waals surface area contributed by atoms with E-state index in [1.807, 2.05) is 49.0 Å². The van der Waals surface area contributed by atoms with Gasteiger partial charge in [0.15, 0.2) is 0 Å². The fourth-order valence-electron chi connectivity index (χ4n) is 4.72. The number of aryl methyl sites for hydroxylation is 2. The zero-order valence-corrected chi connectivity index (χ0v) is 21.1. The van der Waals surface area contributed by atoms with Gasteiger partial charge >= 0.3 is 0 Å². The van der Waals surface area contributed by atoms with Gasteiger partial charge in [0.25, 0.3) is 11.8 Å². The molecule has 0 atom stereocenters. The average molecular weight is 496 g/mol.